The SMILES string of the molecule is Fc1cnn(C(F)(F)F)c1SC(F)F. The Morgan fingerprint density at radius 1 is 1.36 bits per heavy atom. The maximum absolute atomic E-state index is 12.6. The first-order valence-corrected chi connectivity index (χ1v) is 3.96. The highest BCUT2D eigenvalue weighted by Gasteiger charge is 2.36. The minimum Gasteiger partial charge on any atom is -0.202 e. The molecule has 1 rings (SSSR count). The standard InChI is InChI=1S/C5H2F6N2S/c6-2-1-12-13(5(9,10)11)3(2)14-4(7)8/h1,4H. The van der Waals surface area contributed by atoms with Crippen LogP contribution in [0.25, 0.3) is 0 Å². The van der Waals surface area contributed by atoms with Gasteiger partial charge in [-0.15, -0.1) is 13.2 Å². The zero-order valence-electron chi connectivity index (χ0n) is 6.23. The summed E-state index contributed by atoms with van der Waals surface area (Å²) in [6.45, 7) is 0. The second-order valence-corrected chi connectivity index (χ2v) is 3.03. The Balaban J connectivity index is 3.06. The quantitative estimate of drug-likeness (QED) is 0.580. The molecule has 0 unspecified atom stereocenters. The Labute approximate surface area is 77.9 Å². The molecule has 14 heavy (non-hydrogen) atoms. The van der Waals surface area contributed by atoms with Crippen molar-refractivity contribution in [3.05, 3.63) is 12.0 Å². The van der Waals surface area contributed by atoms with Crippen molar-refractivity contribution >= 4 is 11.8 Å². The lowest BCUT2D eigenvalue weighted by Gasteiger charge is -2.09. The van der Waals surface area contributed by atoms with E-state index in [1.807, 2.05) is 0 Å². The summed E-state index contributed by atoms with van der Waals surface area (Å²) in [6, 6.07) is 0. The summed E-state index contributed by atoms with van der Waals surface area (Å²) in [7, 11) is 0. The average molecular weight is 236 g/mol. The summed E-state index contributed by atoms with van der Waals surface area (Å²) in [6.07, 6.45) is -4.76. The van der Waals surface area contributed by atoms with Crippen molar-refractivity contribution in [2.75, 3.05) is 0 Å². The van der Waals surface area contributed by atoms with Crippen LogP contribution in [0.4, 0.5) is 26.3 Å². The summed E-state index contributed by atoms with van der Waals surface area (Å²) in [4.78, 5) is 0. The van der Waals surface area contributed by atoms with Crippen molar-refractivity contribution in [3.63, 3.8) is 0 Å². The largest absolute Gasteiger partial charge is 0.505 e. The number of nitrogens with zero attached hydrogens (tertiary/aromatic N) is 2. The van der Waals surface area contributed by atoms with E-state index in [-0.39, 0.29) is 6.20 Å². The van der Waals surface area contributed by atoms with Crippen molar-refractivity contribution in [2.45, 2.75) is 17.1 Å². The Morgan fingerprint density at radius 3 is 2.36 bits per heavy atom. The van der Waals surface area contributed by atoms with Gasteiger partial charge < -0.3 is 0 Å². The minimum absolute atomic E-state index is 0.234. The molecule has 0 fully saturated rings. The number of aromatic nitrogens is 2. The fraction of sp³-hybridized carbons (Fsp3) is 0.400. The summed E-state index contributed by atoms with van der Waals surface area (Å²) in [5, 5.41) is 1.36. The van der Waals surface area contributed by atoms with Crippen molar-refractivity contribution in [1.82, 2.24) is 9.78 Å². The van der Waals surface area contributed by atoms with Crippen molar-refractivity contribution < 1.29 is 26.3 Å². The molecule has 0 atom stereocenters. The van der Waals surface area contributed by atoms with Gasteiger partial charge in [-0.1, -0.05) is 0 Å². The molecular formula is C5H2F6N2S. The van der Waals surface area contributed by atoms with Crippen molar-refractivity contribution in [3.8, 4) is 0 Å². The van der Waals surface area contributed by atoms with E-state index in [4.69, 9.17) is 0 Å². The highest BCUT2D eigenvalue weighted by Crippen LogP contribution is 2.33. The van der Waals surface area contributed by atoms with Gasteiger partial charge in [0.2, 0.25) is 0 Å². The fourth-order valence-electron chi connectivity index (χ4n) is 0.688. The first-order chi connectivity index (χ1) is 6.32. The van der Waals surface area contributed by atoms with E-state index < -0.39 is 39.3 Å². The van der Waals surface area contributed by atoms with Gasteiger partial charge >= 0.3 is 6.30 Å². The van der Waals surface area contributed by atoms with E-state index in [2.05, 4.69) is 5.10 Å². The van der Waals surface area contributed by atoms with Gasteiger partial charge in [0.05, 0.1) is 6.20 Å². The second-order valence-electron chi connectivity index (χ2n) is 2.06. The summed E-state index contributed by atoms with van der Waals surface area (Å²) in [5.74, 6) is -4.56. The van der Waals surface area contributed by atoms with Gasteiger partial charge in [0.25, 0.3) is 5.76 Å². The van der Waals surface area contributed by atoms with Crippen molar-refractivity contribution in [2.24, 2.45) is 0 Å². The van der Waals surface area contributed by atoms with E-state index in [0.29, 0.717) is 0 Å². The molecule has 0 aromatic carbocycles. The van der Waals surface area contributed by atoms with Gasteiger partial charge in [-0.3, -0.25) is 0 Å². The predicted octanol–water partition coefficient (Wildman–Crippen LogP) is 2.81. The van der Waals surface area contributed by atoms with Gasteiger partial charge in [0.15, 0.2) is 5.82 Å². The molecule has 0 aliphatic carbocycles. The molecule has 0 N–H and O–H groups in total. The smallest absolute Gasteiger partial charge is 0.202 e. The molecule has 1 aromatic rings. The molecule has 0 amide bonds. The Morgan fingerprint density at radius 2 is 1.93 bits per heavy atom. The van der Waals surface area contributed by atoms with Crippen LogP contribution >= 0.6 is 11.8 Å². The molecule has 0 spiro atoms. The third-order valence-electron chi connectivity index (χ3n) is 1.12. The Kier molecular flexibility index (Phi) is 2.98. The van der Waals surface area contributed by atoms with Gasteiger partial charge in [0, 0.05) is 0 Å². The maximum Gasteiger partial charge on any atom is 0.505 e. The zero-order valence-corrected chi connectivity index (χ0v) is 7.04. The number of hydrogen-bond acceptors (Lipinski definition) is 2. The van der Waals surface area contributed by atoms with Crippen LogP contribution in [-0.2, 0) is 6.30 Å². The number of thioether (sulfide) groups is 1. The highest BCUT2D eigenvalue weighted by molar-refractivity contribution is 7.99. The Hall–Kier alpha value is -0.860. The molecule has 0 aliphatic heterocycles. The summed E-state index contributed by atoms with van der Waals surface area (Å²) in [5.41, 5.74) is 0. The van der Waals surface area contributed by atoms with Gasteiger partial charge in [-0.25, -0.2) is 4.39 Å². The van der Waals surface area contributed by atoms with Crippen molar-refractivity contribution in [1.29, 1.82) is 0 Å². The summed E-state index contributed by atoms with van der Waals surface area (Å²) < 4.78 is 71.3. The Bertz CT molecular complexity index is 319. The number of hydrogen-bond donors (Lipinski definition) is 0. The zero-order chi connectivity index (χ0) is 10.9. The first kappa shape index (κ1) is 11.2. The molecule has 1 heterocycles. The molecule has 80 valence electrons. The van der Waals surface area contributed by atoms with Crippen LogP contribution in [0.5, 0.6) is 0 Å². The van der Waals surface area contributed by atoms with Crippen LogP contribution in [-0.4, -0.2) is 15.5 Å². The number of alkyl halides is 5. The second kappa shape index (κ2) is 3.71. The van der Waals surface area contributed by atoms with Crippen LogP contribution in [0.15, 0.2) is 11.2 Å². The van der Waals surface area contributed by atoms with Crippen LogP contribution in [0.1, 0.15) is 0 Å². The van der Waals surface area contributed by atoms with Crippen LogP contribution < -0.4 is 0 Å². The summed E-state index contributed by atoms with van der Waals surface area (Å²) >= 11 is -0.543. The lowest BCUT2D eigenvalue weighted by atomic mass is 10.7. The fourth-order valence-corrected chi connectivity index (χ4v) is 1.27. The molecule has 9 heteroatoms. The van der Waals surface area contributed by atoms with E-state index >= 15 is 0 Å². The van der Waals surface area contributed by atoms with Gasteiger partial charge in [-0.2, -0.15) is 18.6 Å². The van der Waals surface area contributed by atoms with E-state index in [1.165, 1.54) is 0 Å². The van der Waals surface area contributed by atoms with Gasteiger partial charge in [0.1, 0.15) is 5.03 Å². The highest BCUT2D eigenvalue weighted by atomic mass is 32.2. The van der Waals surface area contributed by atoms with Crippen LogP contribution in [0.2, 0.25) is 0 Å². The molecule has 0 saturated heterocycles. The molecule has 0 aliphatic rings. The van der Waals surface area contributed by atoms with E-state index in [1.54, 1.807) is 0 Å². The van der Waals surface area contributed by atoms with Gasteiger partial charge in [-0.05, 0) is 11.8 Å². The molecule has 0 bridgehead atoms. The minimum atomic E-state index is -5.00. The van der Waals surface area contributed by atoms with E-state index in [9.17, 15) is 26.3 Å². The molecular weight excluding hydrogens is 234 g/mol. The number of rotatable bonds is 2. The number of halogens is 6. The molecule has 0 saturated carbocycles. The first-order valence-electron chi connectivity index (χ1n) is 3.08. The topological polar surface area (TPSA) is 17.8 Å². The van der Waals surface area contributed by atoms with Crippen LogP contribution in [0, 0.1) is 5.82 Å². The normalized spacial score (nSPS) is 12.5. The average Bonchev–Trinajstić information content (AvgIpc) is 2.30. The predicted molar refractivity (Wildman–Crippen MR) is 35.3 cm³/mol. The van der Waals surface area contributed by atoms with Crippen LogP contribution in [0.3, 0.4) is 0 Å². The van der Waals surface area contributed by atoms with E-state index in [0.717, 1.165) is 0 Å². The molecule has 0 radical (unpaired) electrons. The lowest BCUT2D eigenvalue weighted by molar-refractivity contribution is -0.218. The lowest BCUT2D eigenvalue weighted by Crippen LogP contribution is -2.19. The monoisotopic (exact) mass is 236 g/mol. The molecule has 1 aromatic heterocycles. The third-order valence-corrected chi connectivity index (χ3v) is 1.89. The third kappa shape index (κ3) is 2.34. The molecule has 2 nitrogen and oxygen atoms in total. The maximum atomic E-state index is 12.6.